The maximum absolute atomic E-state index is 13.5. The normalized spacial score (nSPS) is 18.9. The van der Waals surface area contributed by atoms with E-state index in [1.165, 1.54) is 161 Å². The molecule has 0 radical (unpaired) electrons. The third-order valence-corrected chi connectivity index (χ3v) is 16.3. The van der Waals surface area contributed by atoms with Gasteiger partial charge in [-0.2, -0.15) is 0 Å². The van der Waals surface area contributed by atoms with Gasteiger partial charge in [-0.25, -0.2) is 0 Å². The zero-order valence-corrected chi connectivity index (χ0v) is 54.7. The van der Waals surface area contributed by atoms with Crippen LogP contribution in [0.15, 0.2) is 85.1 Å². The van der Waals surface area contributed by atoms with Gasteiger partial charge in [0.05, 0.1) is 25.4 Å². The molecule has 0 spiro atoms. The molecule has 1 aliphatic rings. The predicted molar refractivity (Wildman–Crippen MR) is 356 cm³/mol. The van der Waals surface area contributed by atoms with E-state index in [-0.39, 0.29) is 19.4 Å². The van der Waals surface area contributed by atoms with E-state index in [2.05, 4.69) is 99.0 Å². The molecule has 8 atom stereocenters. The molecular formula is C74H131NO10. The van der Waals surface area contributed by atoms with Crippen LogP contribution < -0.4 is 5.32 Å². The Balaban J connectivity index is 2.58. The molecule has 1 fully saturated rings. The monoisotopic (exact) mass is 1190 g/mol. The van der Waals surface area contributed by atoms with Crippen molar-refractivity contribution in [1.82, 2.24) is 5.32 Å². The largest absolute Gasteiger partial charge is 0.454 e. The van der Waals surface area contributed by atoms with Crippen molar-refractivity contribution < 1.29 is 49.3 Å². The SMILES string of the molecule is CC/C=C\C/C=C\C/C=C\C/C=C\C/C=C\C/C=C\CCCCCC(O)C(=O)NC(COC1OC(CO)C(O)C(O)C1OC(=O)CCCCCCCCCCCCCCCCCCCCCCCCC)C(O)/C=C/CCCCCCCCCCC. The standard InChI is InChI=1S/C74H131NO10/c1-4-7-10-13-16-19-22-24-26-28-30-32-34-36-38-40-42-44-47-50-53-56-59-62-69(79)85-72-71(81)70(80)68(63-76)84-74(72)83-64-65(66(77)60-57-54-51-48-45-21-18-15-12-9-6-3)75-73(82)67(78)61-58-55-52-49-46-43-41-39-37-35-33-31-29-27-25-23-20-17-14-11-8-5-2/h8,11,17,20,25,27,31,33,37,39,43,46,57,60,65-68,70-72,74,76-78,80-81H,4-7,9-10,12-16,18-19,21-24,26,28-30,32,34-36,38,40-42,44-45,47-56,58-59,61-64H2,1-3H3,(H,75,82)/b11-8-,20-17-,27-25-,33-31-,39-37-,46-43-,60-57+. The van der Waals surface area contributed by atoms with E-state index < -0.39 is 67.4 Å². The first-order chi connectivity index (χ1) is 41.7. The summed E-state index contributed by atoms with van der Waals surface area (Å²) >= 11 is 0. The molecule has 0 aliphatic carbocycles. The molecule has 1 heterocycles. The van der Waals surface area contributed by atoms with Crippen molar-refractivity contribution in [1.29, 1.82) is 0 Å². The molecule has 0 bridgehead atoms. The van der Waals surface area contributed by atoms with Gasteiger partial charge in [-0.15, -0.1) is 0 Å². The average Bonchev–Trinajstić information content (AvgIpc) is 3.63. The molecule has 8 unspecified atom stereocenters. The van der Waals surface area contributed by atoms with E-state index in [4.69, 9.17) is 14.2 Å². The number of carbonyl (C=O) groups excluding carboxylic acids is 2. The van der Waals surface area contributed by atoms with E-state index in [1.807, 2.05) is 6.08 Å². The fourth-order valence-electron chi connectivity index (χ4n) is 10.8. The first-order valence-corrected chi connectivity index (χ1v) is 35.4. The van der Waals surface area contributed by atoms with Gasteiger partial charge in [0.2, 0.25) is 5.91 Å². The number of aliphatic hydroxyl groups excluding tert-OH is 5. The van der Waals surface area contributed by atoms with Crippen LogP contribution in [-0.2, 0) is 23.8 Å². The minimum Gasteiger partial charge on any atom is -0.454 e. The topological polar surface area (TPSA) is 175 Å². The van der Waals surface area contributed by atoms with Crippen molar-refractivity contribution in [3.8, 4) is 0 Å². The van der Waals surface area contributed by atoms with E-state index >= 15 is 0 Å². The highest BCUT2D eigenvalue weighted by atomic mass is 16.7. The predicted octanol–water partition coefficient (Wildman–Crippen LogP) is 18.1. The summed E-state index contributed by atoms with van der Waals surface area (Å²) < 4.78 is 17.7. The van der Waals surface area contributed by atoms with Crippen LogP contribution in [0.2, 0.25) is 0 Å². The third-order valence-electron chi connectivity index (χ3n) is 16.3. The summed E-state index contributed by atoms with van der Waals surface area (Å²) in [6, 6.07) is -1.04. The van der Waals surface area contributed by atoms with Gasteiger partial charge in [0.15, 0.2) is 12.4 Å². The summed E-state index contributed by atoms with van der Waals surface area (Å²) in [6.45, 7) is 5.69. The molecule has 0 aromatic heterocycles. The smallest absolute Gasteiger partial charge is 0.306 e. The van der Waals surface area contributed by atoms with Crippen LogP contribution >= 0.6 is 0 Å². The van der Waals surface area contributed by atoms with Gasteiger partial charge in [0.25, 0.3) is 0 Å². The summed E-state index contributed by atoms with van der Waals surface area (Å²) in [5.74, 6) is -1.22. The van der Waals surface area contributed by atoms with E-state index in [1.54, 1.807) is 6.08 Å². The highest BCUT2D eigenvalue weighted by Crippen LogP contribution is 2.26. The van der Waals surface area contributed by atoms with E-state index in [9.17, 15) is 35.1 Å². The number of ether oxygens (including phenoxy) is 3. The number of carbonyl (C=O) groups is 2. The Bertz CT molecular complexity index is 1710. The summed E-state index contributed by atoms with van der Waals surface area (Å²) in [6.07, 6.45) is 70.6. The number of allylic oxidation sites excluding steroid dienone is 13. The number of esters is 1. The summed E-state index contributed by atoms with van der Waals surface area (Å²) in [7, 11) is 0. The van der Waals surface area contributed by atoms with Crippen LogP contribution in [0.4, 0.5) is 0 Å². The van der Waals surface area contributed by atoms with Crippen LogP contribution in [0.25, 0.3) is 0 Å². The Labute approximate surface area is 521 Å². The van der Waals surface area contributed by atoms with Gasteiger partial charge in [-0.3, -0.25) is 9.59 Å². The molecule has 1 rings (SSSR count). The fourth-order valence-corrected chi connectivity index (χ4v) is 10.8. The van der Waals surface area contributed by atoms with Gasteiger partial charge < -0.3 is 45.1 Å². The maximum Gasteiger partial charge on any atom is 0.306 e. The van der Waals surface area contributed by atoms with Crippen LogP contribution in [0.3, 0.4) is 0 Å². The Morgan fingerprint density at radius 3 is 1.27 bits per heavy atom. The molecule has 11 nitrogen and oxygen atoms in total. The van der Waals surface area contributed by atoms with Gasteiger partial charge in [0.1, 0.15) is 24.4 Å². The van der Waals surface area contributed by atoms with Gasteiger partial charge >= 0.3 is 5.97 Å². The molecule has 1 saturated heterocycles. The number of hydrogen-bond acceptors (Lipinski definition) is 10. The van der Waals surface area contributed by atoms with Crippen molar-refractivity contribution in [3.05, 3.63) is 85.1 Å². The first-order valence-electron chi connectivity index (χ1n) is 35.4. The molecule has 1 amide bonds. The van der Waals surface area contributed by atoms with Crippen molar-refractivity contribution in [2.75, 3.05) is 13.2 Å². The zero-order chi connectivity index (χ0) is 61.7. The number of aliphatic hydroxyl groups is 5. The molecule has 1 aliphatic heterocycles. The number of amides is 1. The number of unbranched alkanes of at least 4 members (excludes halogenated alkanes) is 34. The van der Waals surface area contributed by atoms with Gasteiger partial charge in [-0.1, -0.05) is 311 Å². The molecule has 6 N–H and O–H groups in total. The summed E-state index contributed by atoms with van der Waals surface area (Å²) in [5, 5.41) is 57.2. The van der Waals surface area contributed by atoms with E-state index in [0.29, 0.717) is 12.8 Å². The molecule has 85 heavy (non-hydrogen) atoms. The number of hydrogen-bond donors (Lipinski definition) is 6. The minimum atomic E-state index is -1.62. The van der Waals surface area contributed by atoms with Crippen molar-refractivity contribution in [3.63, 3.8) is 0 Å². The van der Waals surface area contributed by atoms with Crippen molar-refractivity contribution in [2.45, 2.75) is 359 Å². The summed E-state index contributed by atoms with van der Waals surface area (Å²) in [4.78, 5) is 26.7. The van der Waals surface area contributed by atoms with Crippen LogP contribution in [0.1, 0.15) is 310 Å². The minimum absolute atomic E-state index is 0.121. The second-order valence-electron chi connectivity index (χ2n) is 24.2. The lowest BCUT2D eigenvalue weighted by molar-refractivity contribution is -0.305. The quantitative estimate of drug-likeness (QED) is 0.0195. The average molecular weight is 1190 g/mol. The number of nitrogens with one attached hydrogen (secondary N) is 1. The molecule has 492 valence electrons. The van der Waals surface area contributed by atoms with Crippen molar-refractivity contribution in [2.24, 2.45) is 0 Å². The highest BCUT2D eigenvalue weighted by molar-refractivity contribution is 5.80. The van der Waals surface area contributed by atoms with Crippen LogP contribution in [0.5, 0.6) is 0 Å². The van der Waals surface area contributed by atoms with Crippen molar-refractivity contribution >= 4 is 11.9 Å². The third kappa shape index (κ3) is 48.4. The first kappa shape index (κ1) is 79.9. The zero-order valence-electron chi connectivity index (χ0n) is 54.7. The Morgan fingerprint density at radius 1 is 0.471 bits per heavy atom. The van der Waals surface area contributed by atoms with E-state index in [0.717, 1.165) is 103 Å². The lowest BCUT2D eigenvalue weighted by Crippen LogP contribution is -2.61. The lowest BCUT2D eigenvalue weighted by atomic mass is 9.99. The van der Waals surface area contributed by atoms with Crippen LogP contribution in [-0.4, -0.2) is 99.6 Å². The second kappa shape index (κ2) is 61.1. The Morgan fingerprint density at radius 2 is 0.847 bits per heavy atom. The van der Waals surface area contributed by atoms with Crippen LogP contribution in [0, 0.1) is 0 Å². The Kier molecular flexibility index (Phi) is 57.4. The molecule has 0 saturated carbocycles. The van der Waals surface area contributed by atoms with Gasteiger partial charge in [-0.05, 0) is 77.0 Å². The Hall–Kier alpha value is -3.16. The molecular weight excluding hydrogens is 1060 g/mol. The second-order valence-corrected chi connectivity index (χ2v) is 24.2. The lowest BCUT2D eigenvalue weighted by Gasteiger charge is -2.41. The highest BCUT2D eigenvalue weighted by Gasteiger charge is 2.47. The molecule has 11 heteroatoms. The fraction of sp³-hybridized carbons (Fsp3) is 0.784. The molecule has 0 aromatic carbocycles. The maximum atomic E-state index is 13.5. The summed E-state index contributed by atoms with van der Waals surface area (Å²) in [5.41, 5.74) is 0. The van der Waals surface area contributed by atoms with Gasteiger partial charge in [0, 0.05) is 6.42 Å². The number of rotatable bonds is 60. The molecule has 0 aromatic rings.